The van der Waals surface area contributed by atoms with Crippen molar-refractivity contribution in [2.75, 3.05) is 13.2 Å². The summed E-state index contributed by atoms with van der Waals surface area (Å²) in [5.41, 5.74) is 5.78. The average Bonchev–Trinajstić information content (AvgIpc) is 2.53. The van der Waals surface area contributed by atoms with E-state index >= 15 is 0 Å². The molecule has 0 radical (unpaired) electrons. The largest absolute Gasteiger partial charge is 0.394 e. The second-order valence-electron chi connectivity index (χ2n) is 4.35. The van der Waals surface area contributed by atoms with E-state index in [1.54, 1.807) is 11.0 Å². The maximum absolute atomic E-state index is 12.1. The number of hydrogen-bond acceptors (Lipinski definition) is 3. The number of nitrogens with two attached hydrogens (primary N) is 1. The van der Waals surface area contributed by atoms with Gasteiger partial charge in [-0.2, -0.15) is 0 Å². The van der Waals surface area contributed by atoms with Gasteiger partial charge in [0, 0.05) is 6.54 Å². The smallest absolute Gasteiger partial charge is 0.240 e. The van der Waals surface area contributed by atoms with E-state index in [0.717, 1.165) is 32.2 Å². The molecule has 0 spiro atoms. The van der Waals surface area contributed by atoms with Crippen molar-refractivity contribution in [1.29, 1.82) is 0 Å². The summed E-state index contributed by atoms with van der Waals surface area (Å²) >= 11 is 0. The Morgan fingerprint density at radius 3 is 2.94 bits per heavy atom. The number of hydrogen-bond donors (Lipinski definition) is 2. The highest BCUT2D eigenvalue weighted by molar-refractivity contribution is 5.82. The Bertz CT molecular complexity index is 243. The number of aliphatic hydroxyl groups is 1. The Balaban J connectivity index is 2.65. The highest BCUT2D eigenvalue weighted by Gasteiger charge is 2.27. The molecule has 0 aromatic rings. The van der Waals surface area contributed by atoms with Gasteiger partial charge in [-0.15, -0.1) is 6.58 Å². The summed E-state index contributed by atoms with van der Waals surface area (Å²) in [4.78, 5) is 13.8. The second-order valence-corrected chi connectivity index (χ2v) is 4.35. The fourth-order valence-electron chi connectivity index (χ4n) is 2.15. The molecule has 1 aliphatic rings. The summed E-state index contributed by atoms with van der Waals surface area (Å²) in [6.45, 7) is 4.34. The van der Waals surface area contributed by atoms with Crippen LogP contribution in [0.15, 0.2) is 12.7 Å². The maximum atomic E-state index is 12.1. The normalized spacial score (nSPS) is 23.6. The van der Waals surface area contributed by atoms with Gasteiger partial charge >= 0.3 is 0 Å². The van der Waals surface area contributed by atoms with Crippen molar-refractivity contribution < 1.29 is 9.90 Å². The van der Waals surface area contributed by atoms with Crippen LogP contribution in [0.3, 0.4) is 0 Å². The fourth-order valence-corrected chi connectivity index (χ4v) is 2.15. The molecule has 0 aromatic heterocycles. The Labute approximate surface area is 97.1 Å². The van der Waals surface area contributed by atoms with Crippen molar-refractivity contribution in [3.05, 3.63) is 12.7 Å². The zero-order chi connectivity index (χ0) is 12.0. The first-order valence-corrected chi connectivity index (χ1v) is 5.98. The monoisotopic (exact) mass is 226 g/mol. The van der Waals surface area contributed by atoms with Gasteiger partial charge in [-0.25, -0.2) is 0 Å². The van der Waals surface area contributed by atoms with Gasteiger partial charge in [0.25, 0.3) is 0 Å². The van der Waals surface area contributed by atoms with Crippen LogP contribution in [0.5, 0.6) is 0 Å². The van der Waals surface area contributed by atoms with E-state index in [0.29, 0.717) is 6.42 Å². The third kappa shape index (κ3) is 3.32. The quantitative estimate of drug-likeness (QED) is 0.692. The molecule has 1 heterocycles. The van der Waals surface area contributed by atoms with E-state index in [-0.39, 0.29) is 18.6 Å². The lowest BCUT2D eigenvalue weighted by Gasteiger charge is -2.30. The topological polar surface area (TPSA) is 66.6 Å². The second kappa shape index (κ2) is 6.66. The van der Waals surface area contributed by atoms with Crippen LogP contribution >= 0.6 is 0 Å². The summed E-state index contributed by atoms with van der Waals surface area (Å²) in [6, 6.07) is -0.560. The number of amides is 1. The molecular weight excluding hydrogens is 204 g/mol. The van der Waals surface area contributed by atoms with Gasteiger partial charge in [-0.05, 0) is 19.3 Å². The zero-order valence-corrected chi connectivity index (χ0v) is 9.77. The third-order valence-corrected chi connectivity index (χ3v) is 3.11. The minimum atomic E-state index is -0.510. The molecular formula is C12H22N2O2. The standard InChI is InChI=1S/C12H22N2O2/c1-2-6-11(13)12(16)14-8-5-3-4-7-10(14)9-15/h2,10-11,15H,1,3-9,13H2. The molecule has 4 nitrogen and oxygen atoms in total. The summed E-state index contributed by atoms with van der Waals surface area (Å²) < 4.78 is 0. The van der Waals surface area contributed by atoms with E-state index in [2.05, 4.69) is 6.58 Å². The molecule has 2 atom stereocenters. The van der Waals surface area contributed by atoms with Crippen LogP contribution in [0.4, 0.5) is 0 Å². The maximum Gasteiger partial charge on any atom is 0.240 e. The average molecular weight is 226 g/mol. The highest BCUT2D eigenvalue weighted by atomic mass is 16.3. The lowest BCUT2D eigenvalue weighted by atomic mass is 10.1. The minimum Gasteiger partial charge on any atom is -0.394 e. The van der Waals surface area contributed by atoms with Gasteiger partial charge < -0.3 is 15.7 Å². The molecule has 1 amide bonds. The molecule has 0 saturated carbocycles. The first-order chi connectivity index (χ1) is 7.70. The Morgan fingerprint density at radius 1 is 1.56 bits per heavy atom. The van der Waals surface area contributed by atoms with Crippen LogP contribution in [0.1, 0.15) is 32.1 Å². The predicted octanol–water partition coefficient (Wildman–Crippen LogP) is 0.653. The molecule has 92 valence electrons. The van der Waals surface area contributed by atoms with E-state index in [1.165, 1.54) is 0 Å². The highest BCUT2D eigenvalue weighted by Crippen LogP contribution is 2.17. The van der Waals surface area contributed by atoms with E-state index in [9.17, 15) is 9.90 Å². The van der Waals surface area contributed by atoms with E-state index in [4.69, 9.17) is 5.73 Å². The first kappa shape index (κ1) is 13.2. The number of likely N-dealkylation sites (tertiary alicyclic amines) is 1. The van der Waals surface area contributed by atoms with Crippen molar-refractivity contribution in [3.63, 3.8) is 0 Å². The van der Waals surface area contributed by atoms with Crippen molar-refractivity contribution >= 4 is 5.91 Å². The van der Waals surface area contributed by atoms with Crippen molar-refractivity contribution in [2.45, 2.75) is 44.2 Å². The molecule has 0 bridgehead atoms. The lowest BCUT2D eigenvalue weighted by Crippen LogP contribution is -2.49. The molecule has 16 heavy (non-hydrogen) atoms. The summed E-state index contributed by atoms with van der Waals surface area (Å²) in [5.74, 6) is -0.0548. The molecule has 2 unspecified atom stereocenters. The number of rotatable bonds is 4. The number of carbonyl (C=O) groups excluding carboxylic acids is 1. The van der Waals surface area contributed by atoms with E-state index in [1.807, 2.05) is 0 Å². The number of aliphatic hydroxyl groups excluding tert-OH is 1. The van der Waals surface area contributed by atoms with Gasteiger partial charge in [0.15, 0.2) is 0 Å². The molecule has 1 fully saturated rings. The van der Waals surface area contributed by atoms with Gasteiger partial charge in [-0.1, -0.05) is 18.9 Å². The van der Waals surface area contributed by atoms with Crippen LogP contribution in [-0.4, -0.2) is 41.1 Å². The number of nitrogens with zero attached hydrogens (tertiary/aromatic N) is 1. The lowest BCUT2D eigenvalue weighted by molar-refractivity contribution is -0.135. The van der Waals surface area contributed by atoms with Gasteiger partial charge in [-0.3, -0.25) is 4.79 Å². The van der Waals surface area contributed by atoms with Gasteiger partial charge in [0.2, 0.25) is 5.91 Å². The van der Waals surface area contributed by atoms with Crippen LogP contribution in [0.25, 0.3) is 0 Å². The summed E-state index contributed by atoms with van der Waals surface area (Å²) in [5, 5.41) is 9.29. The van der Waals surface area contributed by atoms with Gasteiger partial charge in [0.05, 0.1) is 18.7 Å². The Kier molecular flexibility index (Phi) is 5.49. The van der Waals surface area contributed by atoms with E-state index < -0.39 is 6.04 Å². The molecule has 1 rings (SSSR count). The summed E-state index contributed by atoms with van der Waals surface area (Å²) in [6.07, 6.45) is 6.23. The summed E-state index contributed by atoms with van der Waals surface area (Å²) in [7, 11) is 0. The molecule has 0 aromatic carbocycles. The van der Waals surface area contributed by atoms with Crippen LogP contribution in [0, 0.1) is 0 Å². The molecule has 3 N–H and O–H groups in total. The molecule has 1 saturated heterocycles. The Hall–Kier alpha value is -0.870. The van der Waals surface area contributed by atoms with Crippen LogP contribution in [0.2, 0.25) is 0 Å². The van der Waals surface area contributed by atoms with Crippen molar-refractivity contribution in [2.24, 2.45) is 5.73 Å². The molecule has 1 aliphatic heterocycles. The predicted molar refractivity (Wildman–Crippen MR) is 63.8 cm³/mol. The van der Waals surface area contributed by atoms with Crippen molar-refractivity contribution in [3.8, 4) is 0 Å². The van der Waals surface area contributed by atoms with Crippen molar-refractivity contribution in [1.82, 2.24) is 4.90 Å². The zero-order valence-electron chi connectivity index (χ0n) is 9.77. The molecule has 0 aliphatic carbocycles. The fraction of sp³-hybridized carbons (Fsp3) is 0.750. The Morgan fingerprint density at radius 2 is 2.31 bits per heavy atom. The number of carbonyl (C=O) groups is 1. The minimum absolute atomic E-state index is 0.0343. The molecule has 4 heteroatoms. The first-order valence-electron chi connectivity index (χ1n) is 5.98. The SMILES string of the molecule is C=CCC(N)C(=O)N1CCCCCC1CO. The third-order valence-electron chi connectivity index (χ3n) is 3.11. The van der Waals surface area contributed by atoms with Gasteiger partial charge in [0.1, 0.15) is 0 Å². The van der Waals surface area contributed by atoms with Crippen LogP contribution < -0.4 is 5.73 Å². The van der Waals surface area contributed by atoms with Crippen LogP contribution in [-0.2, 0) is 4.79 Å².